The summed E-state index contributed by atoms with van der Waals surface area (Å²) in [5.74, 6) is 0.610. The van der Waals surface area contributed by atoms with Gasteiger partial charge < -0.3 is 10.5 Å². The molecule has 5 nitrogen and oxygen atoms in total. The van der Waals surface area contributed by atoms with E-state index in [0.717, 1.165) is 6.42 Å². The Morgan fingerprint density at radius 2 is 2.05 bits per heavy atom. The highest BCUT2D eigenvalue weighted by molar-refractivity contribution is 7.92. The summed E-state index contributed by atoms with van der Waals surface area (Å²) in [4.78, 5) is 4.05. The molecule has 6 heteroatoms. The van der Waals surface area contributed by atoms with Gasteiger partial charge in [0, 0.05) is 12.5 Å². The first-order chi connectivity index (χ1) is 8.70. The quantitative estimate of drug-likeness (QED) is 0.860. The average molecular weight is 286 g/mol. The molecule has 1 unspecified atom stereocenters. The average Bonchev–Trinajstić information content (AvgIpc) is 2.34. The largest absolute Gasteiger partial charge is 0.492 e. The first-order valence-electron chi connectivity index (χ1n) is 6.23. The van der Waals surface area contributed by atoms with Crippen LogP contribution in [0.3, 0.4) is 0 Å². The number of aromatic nitrogens is 1. The zero-order valence-corrected chi connectivity index (χ0v) is 12.7. The predicted octanol–water partition coefficient (Wildman–Crippen LogP) is 1.69. The van der Waals surface area contributed by atoms with Crippen LogP contribution >= 0.6 is 0 Å². The summed E-state index contributed by atoms with van der Waals surface area (Å²) in [6, 6.07) is 1.10. The van der Waals surface area contributed by atoms with Gasteiger partial charge in [-0.05, 0) is 31.9 Å². The Hall–Kier alpha value is -1.14. The van der Waals surface area contributed by atoms with E-state index < -0.39 is 20.6 Å². The van der Waals surface area contributed by atoms with Crippen molar-refractivity contribution >= 4 is 9.84 Å². The number of hydrogen-bond acceptors (Lipinski definition) is 5. The number of nitrogens with zero attached hydrogens (tertiary/aromatic N) is 1. The monoisotopic (exact) mass is 286 g/mol. The third-order valence-corrected chi connectivity index (χ3v) is 5.44. The van der Waals surface area contributed by atoms with Crippen LogP contribution < -0.4 is 10.5 Å². The molecule has 0 fully saturated rings. The van der Waals surface area contributed by atoms with Crippen LogP contribution in [0.15, 0.2) is 18.5 Å². The number of sulfone groups is 1. The third-order valence-electron chi connectivity index (χ3n) is 3.27. The number of rotatable bonds is 6. The Labute approximate surface area is 115 Å². The van der Waals surface area contributed by atoms with Crippen molar-refractivity contribution in [3.05, 3.63) is 24.0 Å². The zero-order chi connectivity index (χ0) is 14.7. The van der Waals surface area contributed by atoms with Gasteiger partial charge in [0.05, 0.1) is 23.6 Å². The molecule has 19 heavy (non-hydrogen) atoms. The van der Waals surface area contributed by atoms with Gasteiger partial charge in [-0.1, -0.05) is 6.92 Å². The van der Waals surface area contributed by atoms with Crippen LogP contribution in [0.2, 0.25) is 0 Å². The maximum absolute atomic E-state index is 11.8. The minimum absolute atomic E-state index is 0.593. The van der Waals surface area contributed by atoms with Gasteiger partial charge in [0.15, 0.2) is 9.84 Å². The van der Waals surface area contributed by atoms with Crippen LogP contribution in [0.25, 0.3) is 0 Å². The Bertz CT molecular complexity index is 526. The molecule has 1 rings (SSSR count). The highest BCUT2D eigenvalue weighted by Gasteiger charge is 2.38. The summed E-state index contributed by atoms with van der Waals surface area (Å²) in [7, 11) is -3.27. The molecule has 0 aliphatic heterocycles. The Balaban J connectivity index is 3.03. The van der Waals surface area contributed by atoms with Crippen molar-refractivity contribution in [1.82, 2.24) is 4.98 Å². The minimum atomic E-state index is -3.27. The summed E-state index contributed by atoms with van der Waals surface area (Å²) >= 11 is 0. The maximum Gasteiger partial charge on any atom is 0.154 e. The van der Waals surface area contributed by atoms with Gasteiger partial charge in [-0.25, -0.2) is 8.42 Å². The van der Waals surface area contributed by atoms with Crippen LogP contribution in [-0.2, 0) is 9.84 Å². The van der Waals surface area contributed by atoms with Gasteiger partial charge >= 0.3 is 0 Å². The molecule has 2 N–H and O–H groups in total. The van der Waals surface area contributed by atoms with Crippen molar-refractivity contribution in [2.75, 3.05) is 12.9 Å². The molecule has 0 aliphatic rings. The van der Waals surface area contributed by atoms with Crippen molar-refractivity contribution in [3.63, 3.8) is 0 Å². The van der Waals surface area contributed by atoms with Crippen LogP contribution in [0.5, 0.6) is 5.75 Å². The van der Waals surface area contributed by atoms with Crippen LogP contribution in [0, 0.1) is 0 Å². The molecule has 1 heterocycles. The van der Waals surface area contributed by atoms with E-state index in [-0.39, 0.29) is 0 Å². The topological polar surface area (TPSA) is 82.3 Å². The summed E-state index contributed by atoms with van der Waals surface area (Å²) in [6.45, 7) is 5.84. The predicted molar refractivity (Wildman–Crippen MR) is 75.9 cm³/mol. The second-order valence-electron chi connectivity index (χ2n) is 5.16. The minimum Gasteiger partial charge on any atom is -0.492 e. The third kappa shape index (κ3) is 3.67. The van der Waals surface area contributed by atoms with Crippen LogP contribution in [0.4, 0.5) is 0 Å². The lowest BCUT2D eigenvalue weighted by atomic mass is 9.97. The van der Waals surface area contributed by atoms with E-state index in [9.17, 15) is 8.42 Å². The molecular formula is C13H22N2O3S. The van der Waals surface area contributed by atoms with E-state index >= 15 is 0 Å². The second kappa shape index (κ2) is 5.88. The fourth-order valence-corrected chi connectivity index (χ4v) is 2.13. The highest BCUT2D eigenvalue weighted by Crippen LogP contribution is 2.31. The summed E-state index contributed by atoms with van der Waals surface area (Å²) in [6.07, 6.45) is 5.26. The molecule has 0 bridgehead atoms. The normalized spacial score (nSPS) is 14.2. The lowest BCUT2D eigenvalue weighted by Gasteiger charge is -2.29. The lowest BCUT2D eigenvalue weighted by molar-refractivity contribution is 0.315. The van der Waals surface area contributed by atoms with Crippen molar-refractivity contribution in [3.8, 4) is 5.75 Å². The smallest absolute Gasteiger partial charge is 0.154 e. The fourth-order valence-electron chi connectivity index (χ4n) is 1.54. The molecule has 1 aromatic rings. The van der Waals surface area contributed by atoms with E-state index in [1.807, 2.05) is 6.92 Å². The molecular weight excluding hydrogens is 264 g/mol. The van der Waals surface area contributed by atoms with Crippen molar-refractivity contribution in [2.24, 2.45) is 5.73 Å². The zero-order valence-electron chi connectivity index (χ0n) is 11.9. The highest BCUT2D eigenvalue weighted by atomic mass is 32.2. The standard InChI is InChI=1S/C13H22N2O3S/c1-5-6-18-11-7-10(8-15-9-11)12(14)13(2,3)19(4,16)17/h7-9,12H,5-6,14H2,1-4H3. The molecule has 0 radical (unpaired) electrons. The number of ether oxygens (including phenoxy) is 1. The van der Waals surface area contributed by atoms with Gasteiger partial charge in [0.1, 0.15) is 5.75 Å². The van der Waals surface area contributed by atoms with E-state index in [4.69, 9.17) is 10.5 Å². The first kappa shape index (κ1) is 15.9. The molecule has 0 aromatic carbocycles. The molecule has 1 aromatic heterocycles. The van der Waals surface area contributed by atoms with E-state index in [1.165, 1.54) is 6.26 Å². The molecule has 0 aliphatic carbocycles. The lowest BCUT2D eigenvalue weighted by Crippen LogP contribution is -2.42. The number of pyridine rings is 1. The Morgan fingerprint density at radius 3 is 2.58 bits per heavy atom. The van der Waals surface area contributed by atoms with Gasteiger partial charge in [-0.2, -0.15) is 0 Å². The fraction of sp³-hybridized carbons (Fsp3) is 0.615. The maximum atomic E-state index is 11.8. The van der Waals surface area contributed by atoms with Gasteiger partial charge in [-0.3, -0.25) is 4.98 Å². The summed E-state index contributed by atoms with van der Waals surface area (Å²) in [5, 5.41) is 0. The molecule has 0 saturated heterocycles. The molecule has 0 spiro atoms. The van der Waals surface area contributed by atoms with Gasteiger partial charge in [0.2, 0.25) is 0 Å². The van der Waals surface area contributed by atoms with E-state index in [2.05, 4.69) is 4.98 Å². The van der Waals surface area contributed by atoms with Gasteiger partial charge in [0.25, 0.3) is 0 Å². The number of hydrogen-bond donors (Lipinski definition) is 1. The van der Waals surface area contributed by atoms with E-state index in [1.54, 1.807) is 32.3 Å². The van der Waals surface area contributed by atoms with Crippen LogP contribution in [0.1, 0.15) is 38.8 Å². The van der Waals surface area contributed by atoms with E-state index in [0.29, 0.717) is 17.9 Å². The summed E-state index contributed by atoms with van der Waals surface area (Å²) < 4.78 is 28.0. The second-order valence-corrected chi connectivity index (χ2v) is 7.75. The molecule has 108 valence electrons. The van der Waals surface area contributed by atoms with Crippen molar-refractivity contribution < 1.29 is 13.2 Å². The van der Waals surface area contributed by atoms with Crippen molar-refractivity contribution in [1.29, 1.82) is 0 Å². The Morgan fingerprint density at radius 1 is 1.42 bits per heavy atom. The van der Waals surface area contributed by atoms with Gasteiger partial charge in [-0.15, -0.1) is 0 Å². The molecule has 0 amide bonds. The Kier molecular flexibility index (Phi) is 4.92. The SMILES string of the molecule is CCCOc1cncc(C(N)C(C)(C)S(C)(=O)=O)c1. The molecule has 1 atom stereocenters. The summed E-state index contributed by atoms with van der Waals surface area (Å²) in [5.41, 5.74) is 6.74. The van der Waals surface area contributed by atoms with Crippen molar-refractivity contribution in [2.45, 2.75) is 38.0 Å². The van der Waals surface area contributed by atoms with Crippen LogP contribution in [-0.4, -0.2) is 31.0 Å². The first-order valence-corrected chi connectivity index (χ1v) is 8.12. The number of nitrogens with two attached hydrogens (primary N) is 1. The molecule has 0 saturated carbocycles.